The molecular formula is C11H23N5. The van der Waals surface area contributed by atoms with E-state index in [0.717, 1.165) is 12.2 Å². The molecule has 0 saturated carbocycles. The van der Waals surface area contributed by atoms with Gasteiger partial charge in [-0.25, -0.2) is 4.98 Å². The van der Waals surface area contributed by atoms with Crippen LogP contribution < -0.4 is 5.32 Å². The zero-order valence-electron chi connectivity index (χ0n) is 11.2. The molecule has 0 aromatic carbocycles. The molecule has 0 aliphatic heterocycles. The van der Waals surface area contributed by atoms with Crippen molar-refractivity contribution in [3.63, 3.8) is 0 Å². The third kappa shape index (κ3) is 2.59. The molecule has 5 heteroatoms. The van der Waals surface area contributed by atoms with Gasteiger partial charge in [-0.05, 0) is 35.0 Å². The van der Waals surface area contributed by atoms with Crippen molar-refractivity contribution in [2.24, 2.45) is 7.05 Å². The van der Waals surface area contributed by atoms with Gasteiger partial charge in [0.25, 0.3) is 0 Å². The zero-order chi connectivity index (χ0) is 12.3. The monoisotopic (exact) mass is 225 g/mol. The topological polar surface area (TPSA) is 46.0 Å². The van der Waals surface area contributed by atoms with Crippen LogP contribution in [0, 0.1) is 0 Å². The highest BCUT2D eigenvalue weighted by atomic mass is 15.3. The molecule has 1 atom stereocenters. The summed E-state index contributed by atoms with van der Waals surface area (Å²) in [5, 5.41) is 7.46. The van der Waals surface area contributed by atoms with Crippen LogP contribution in [0.25, 0.3) is 0 Å². The number of aromatic nitrogens is 3. The molecule has 1 aromatic heterocycles. The van der Waals surface area contributed by atoms with Gasteiger partial charge >= 0.3 is 0 Å². The molecule has 0 aliphatic rings. The second-order valence-electron chi connectivity index (χ2n) is 4.89. The van der Waals surface area contributed by atoms with Crippen molar-refractivity contribution in [3.05, 3.63) is 12.2 Å². The summed E-state index contributed by atoms with van der Waals surface area (Å²) in [5.74, 6) is 1.01. The third-order valence-electron chi connectivity index (χ3n) is 3.55. The summed E-state index contributed by atoms with van der Waals surface area (Å²) in [6.07, 6.45) is 2.48. The van der Waals surface area contributed by atoms with Gasteiger partial charge in [0.15, 0.2) is 0 Å². The second-order valence-corrected chi connectivity index (χ2v) is 4.89. The normalized spacial score (nSPS) is 14.4. The average Bonchev–Trinajstić information content (AvgIpc) is 2.60. The minimum Gasteiger partial charge on any atom is -0.315 e. The van der Waals surface area contributed by atoms with Crippen molar-refractivity contribution in [2.45, 2.75) is 31.8 Å². The third-order valence-corrected chi connectivity index (χ3v) is 3.55. The van der Waals surface area contributed by atoms with Crippen LogP contribution in [0.1, 0.15) is 19.7 Å². The number of rotatable bonds is 5. The van der Waals surface area contributed by atoms with Gasteiger partial charge in [0.2, 0.25) is 0 Å². The Morgan fingerprint density at radius 2 is 2.12 bits per heavy atom. The smallest absolute Gasteiger partial charge is 0.138 e. The predicted molar refractivity (Wildman–Crippen MR) is 65.3 cm³/mol. The number of aryl methyl sites for hydroxylation is 1. The first-order chi connectivity index (χ1) is 7.39. The Bertz CT molecular complexity index is 329. The van der Waals surface area contributed by atoms with Crippen molar-refractivity contribution in [1.82, 2.24) is 25.0 Å². The molecule has 1 heterocycles. The second kappa shape index (κ2) is 4.93. The number of hydrogen-bond donors (Lipinski definition) is 1. The van der Waals surface area contributed by atoms with Gasteiger partial charge in [0.1, 0.15) is 12.2 Å². The highest BCUT2D eigenvalue weighted by Gasteiger charge is 2.31. The lowest BCUT2D eigenvalue weighted by atomic mass is 9.90. The fourth-order valence-corrected chi connectivity index (χ4v) is 1.70. The Morgan fingerprint density at radius 1 is 1.50 bits per heavy atom. The minimum atomic E-state index is 0.0701. The molecule has 0 radical (unpaired) electrons. The Kier molecular flexibility index (Phi) is 4.04. The summed E-state index contributed by atoms with van der Waals surface area (Å²) in [6.45, 7) is 4.45. The van der Waals surface area contributed by atoms with Crippen LogP contribution in [0.4, 0.5) is 0 Å². The van der Waals surface area contributed by atoms with E-state index in [4.69, 9.17) is 0 Å². The first-order valence-corrected chi connectivity index (χ1v) is 5.57. The van der Waals surface area contributed by atoms with Crippen molar-refractivity contribution >= 4 is 0 Å². The van der Waals surface area contributed by atoms with Crippen LogP contribution >= 0.6 is 0 Å². The Labute approximate surface area is 97.9 Å². The first-order valence-electron chi connectivity index (χ1n) is 5.57. The number of nitrogens with zero attached hydrogens (tertiary/aromatic N) is 4. The SMILES string of the molecule is CNC(Cc1ncnn1C)C(C)(C)N(C)C. The predicted octanol–water partition coefficient (Wildman–Crippen LogP) is 0.286. The number of nitrogens with one attached hydrogen (secondary N) is 1. The van der Waals surface area contributed by atoms with E-state index in [2.05, 4.69) is 48.2 Å². The number of hydrogen-bond acceptors (Lipinski definition) is 4. The van der Waals surface area contributed by atoms with Crippen LogP contribution in [0.3, 0.4) is 0 Å². The van der Waals surface area contributed by atoms with E-state index in [1.54, 1.807) is 6.33 Å². The fourth-order valence-electron chi connectivity index (χ4n) is 1.70. The van der Waals surface area contributed by atoms with E-state index in [-0.39, 0.29) is 5.54 Å². The van der Waals surface area contributed by atoms with Crippen LogP contribution in [0.2, 0.25) is 0 Å². The summed E-state index contributed by atoms with van der Waals surface area (Å²) in [7, 11) is 8.12. The van der Waals surface area contributed by atoms with Crippen molar-refractivity contribution in [3.8, 4) is 0 Å². The van der Waals surface area contributed by atoms with Crippen LogP contribution in [-0.2, 0) is 13.5 Å². The standard InChI is InChI=1S/C11H23N5/c1-11(2,15(4)5)9(12-3)7-10-13-8-14-16(10)6/h8-9,12H,7H2,1-6H3. The number of likely N-dealkylation sites (N-methyl/N-ethyl adjacent to an activating group) is 2. The lowest BCUT2D eigenvalue weighted by Gasteiger charge is -2.39. The summed E-state index contributed by atoms with van der Waals surface area (Å²) >= 11 is 0. The summed E-state index contributed by atoms with van der Waals surface area (Å²) < 4.78 is 1.83. The molecule has 0 spiro atoms. The molecule has 1 N–H and O–H groups in total. The maximum Gasteiger partial charge on any atom is 0.138 e. The molecule has 0 saturated heterocycles. The van der Waals surface area contributed by atoms with Gasteiger partial charge in [-0.2, -0.15) is 5.10 Å². The summed E-state index contributed by atoms with van der Waals surface area (Å²) in [5.41, 5.74) is 0.0701. The highest BCUT2D eigenvalue weighted by Crippen LogP contribution is 2.18. The van der Waals surface area contributed by atoms with E-state index in [1.807, 2.05) is 18.8 Å². The van der Waals surface area contributed by atoms with Gasteiger partial charge in [-0.15, -0.1) is 0 Å². The highest BCUT2D eigenvalue weighted by molar-refractivity contribution is 4.98. The molecular weight excluding hydrogens is 202 g/mol. The molecule has 92 valence electrons. The van der Waals surface area contributed by atoms with Crippen LogP contribution in [0.15, 0.2) is 6.33 Å². The lowest BCUT2D eigenvalue weighted by Crippen LogP contribution is -2.55. The molecule has 1 unspecified atom stereocenters. The first kappa shape index (κ1) is 13.1. The average molecular weight is 225 g/mol. The Balaban J connectivity index is 2.81. The molecule has 1 rings (SSSR count). The minimum absolute atomic E-state index is 0.0701. The molecule has 0 bridgehead atoms. The van der Waals surface area contributed by atoms with E-state index < -0.39 is 0 Å². The van der Waals surface area contributed by atoms with E-state index in [9.17, 15) is 0 Å². The maximum absolute atomic E-state index is 4.27. The molecule has 0 amide bonds. The molecule has 1 aromatic rings. The Hall–Kier alpha value is -0.940. The van der Waals surface area contributed by atoms with Gasteiger partial charge in [0, 0.05) is 25.0 Å². The lowest BCUT2D eigenvalue weighted by molar-refractivity contribution is 0.140. The Morgan fingerprint density at radius 3 is 2.50 bits per heavy atom. The quantitative estimate of drug-likeness (QED) is 0.782. The zero-order valence-corrected chi connectivity index (χ0v) is 11.2. The molecule has 0 fully saturated rings. The van der Waals surface area contributed by atoms with Crippen molar-refractivity contribution in [2.75, 3.05) is 21.1 Å². The van der Waals surface area contributed by atoms with Gasteiger partial charge in [-0.1, -0.05) is 0 Å². The summed E-state index contributed by atoms with van der Waals surface area (Å²) in [6, 6.07) is 0.338. The van der Waals surface area contributed by atoms with Crippen LogP contribution in [0.5, 0.6) is 0 Å². The van der Waals surface area contributed by atoms with E-state index in [0.29, 0.717) is 6.04 Å². The molecule has 5 nitrogen and oxygen atoms in total. The van der Waals surface area contributed by atoms with E-state index >= 15 is 0 Å². The summed E-state index contributed by atoms with van der Waals surface area (Å²) in [4.78, 5) is 6.50. The van der Waals surface area contributed by atoms with Gasteiger partial charge < -0.3 is 10.2 Å². The molecule has 0 aliphatic carbocycles. The van der Waals surface area contributed by atoms with Crippen molar-refractivity contribution < 1.29 is 0 Å². The van der Waals surface area contributed by atoms with Gasteiger partial charge in [-0.3, -0.25) is 4.68 Å². The van der Waals surface area contributed by atoms with E-state index in [1.165, 1.54) is 0 Å². The molecule has 16 heavy (non-hydrogen) atoms. The van der Waals surface area contributed by atoms with Crippen molar-refractivity contribution in [1.29, 1.82) is 0 Å². The van der Waals surface area contributed by atoms with Crippen LogP contribution in [-0.4, -0.2) is 52.4 Å². The van der Waals surface area contributed by atoms with Gasteiger partial charge in [0.05, 0.1) is 0 Å². The maximum atomic E-state index is 4.27. The fraction of sp³-hybridized carbons (Fsp3) is 0.818. The largest absolute Gasteiger partial charge is 0.315 e.